The van der Waals surface area contributed by atoms with Crippen LogP contribution < -0.4 is 5.46 Å². The van der Waals surface area contributed by atoms with E-state index in [1.54, 1.807) is 0 Å². The van der Waals surface area contributed by atoms with E-state index in [1.807, 2.05) is 65.8 Å². The molecule has 0 amide bonds. The van der Waals surface area contributed by atoms with Crippen molar-refractivity contribution in [2.75, 3.05) is 13.1 Å². The van der Waals surface area contributed by atoms with E-state index >= 15 is 0 Å². The summed E-state index contributed by atoms with van der Waals surface area (Å²) < 4.78 is 38.2. The Hall–Kier alpha value is -0.885. The first-order valence-electron chi connectivity index (χ1n) is 8.44. The first-order valence-corrected chi connectivity index (χ1v) is 10.1. The molecule has 0 aromatic heterocycles. The molecule has 1 heterocycles. The minimum Gasteiger partial charge on any atom is -0.399 e. The third kappa shape index (κ3) is 3.85. The molecule has 1 aliphatic rings. The molecule has 24 heavy (non-hydrogen) atoms. The van der Waals surface area contributed by atoms with Crippen molar-refractivity contribution >= 4 is 22.6 Å². The van der Waals surface area contributed by atoms with Gasteiger partial charge in [-0.3, -0.25) is 0 Å². The fourth-order valence-electron chi connectivity index (χ4n) is 2.67. The van der Waals surface area contributed by atoms with Crippen molar-refractivity contribution in [1.29, 1.82) is 0 Å². The van der Waals surface area contributed by atoms with Gasteiger partial charge in [0, 0.05) is 13.1 Å². The molecule has 2 rings (SSSR count). The van der Waals surface area contributed by atoms with Gasteiger partial charge in [0.1, 0.15) is 0 Å². The van der Waals surface area contributed by atoms with Gasteiger partial charge in [-0.25, -0.2) is 12.7 Å². The number of benzene rings is 1. The number of nitrogens with zero attached hydrogens (tertiary/aromatic N) is 1. The Morgan fingerprint density at radius 2 is 1.42 bits per heavy atom. The second kappa shape index (κ2) is 6.79. The molecule has 1 aliphatic heterocycles. The van der Waals surface area contributed by atoms with Crippen LogP contribution in [0.25, 0.3) is 0 Å². The summed E-state index contributed by atoms with van der Waals surface area (Å²) in [4.78, 5) is 0. The lowest BCUT2D eigenvalue weighted by Crippen LogP contribution is -2.41. The maximum atomic E-state index is 12.4. The van der Waals surface area contributed by atoms with E-state index in [1.165, 1.54) is 4.31 Å². The van der Waals surface area contributed by atoms with E-state index in [2.05, 4.69) is 0 Å². The third-order valence-corrected chi connectivity index (χ3v) is 6.95. The van der Waals surface area contributed by atoms with Crippen molar-refractivity contribution in [3.63, 3.8) is 0 Å². The molecular formula is C17H28BNO4S. The minimum atomic E-state index is -3.27. The molecular weight excluding hydrogens is 325 g/mol. The molecule has 134 valence electrons. The highest BCUT2D eigenvalue weighted by Gasteiger charge is 2.51. The molecule has 7 heteroatoms. The third-order valence-electron chi connectivity index (χ3n) is 4.95. The second-order valence-corrected chi connectivity index (χ2v) is 9.14. The summed E-state index contributed by atoms with van der Waals surface area (Å²) in [6, 6.07) is 7.44. The highest BCUT2D eigenvalue weighted by atomic mass is 32.2. The van der Waals surface area contributed by atoms with Gasteiger partial charge in [-0.05, 0) is 38.7 Å². The Morgan fingerprint density at radius 3 is 1.83 bits per heavy atom. The van der Waals surface area contributed by atoms with Crippen LogP contribution in [0.15, 0.2) is 24.3 Å². The van der Waals surface area contributed by atoms with E-state index in [0.29, 0.717) is 13.1 Å². The monoisotopic (exact) mass is 353 g/mol. The summed E-state index contributed by atoms with van der Waals surface area (Å²) in [5.74, 6) is 0.0122. The summed E-state index contributed by atoms with van der Waals surface area (Å²) in [6.45, 7) is 12.7. The molecule has 0 spiro atoms. The SMILES string of the molecule is CCN(CC)S(=O)(=O)Cc1ccc(B2OC(C)(C)C(C)(C)O2)cc1. The number of hydrogen-bond acceptors (Lipinski definition) is 4. The Balaban J connectivity index is 2.12. The van der Waals surface area contributed by atoms with E-state index in [0.717, 1.165) is 11.0 Å². The molecule has 1 saturated heterocycles. The molecule has 0 bridgehead atoms. The zero-order valence-electron chi connectivity index (χ0n) is 15.5. The van der Waals surface area contributed by atoms with Crippen molar-refractivity contribution in [2.24, 2.45) is 0 Å². The molecule has 1 aromatic carbocycles. The maximum absolute atomic E-state index is 12.4. The van der Waals surface area contributed by atoms with Crippen LogP contribution in [0.4, 0.5) is 0 Å². The molecule has 0 aliphatic carbocycles. The summed E-state index contributed by atoms with van der Waals surface area (Å²) in [5, 5.41) is 0. The lowest BCUT2D eigenvalue weighted by molar-refractivity contribution is 0.00578. The van der Waals surface area contributed by atoms with Crippen LogP contribution in [0.2, 0.25) is 0 Å². The Bertz CT molecular complexity index is 650. The summed E-state index contributed by atoms with van der Waals surface area (Å²) in [5.41, 5.74) is 0.894. The first-order chi connectivity index (χ1) is 11.0. The van der Waals surface area contributed by atoms with E-state index < -0.39 is 17.1 Å². The van der Waals surface area contributed by atoms with Gasteiger partial charge in [-0.2, -0.15) is 0 Å². The van der Waals surface area contributed by atoms with Crippen molar-refractivity contribution in [1.82, 2.24) is 4.31 Å². The first kappa shape index (κ1) is 19.4. The van der Waals surface area contributed by atoms with Crippen LogP contribution in [-0.2, 0) is 25.1 Å². The maximum Gasteiger partial charge on any atom is 0.494 e. The van der Waals surface area contributed by atoms with Gasteiger partial charge in [-0.1, -0.05) is 38.1 Å². The summed E-state index contributed by atoms with van der Waals surface area (Å²) >= 11 is 0. The largest absolute Gasteiger partial charge is 0.494 e. The quantitative estimate of drug-likeness (QED) is 0.736. The average Bonchev–Trinajstić information content (AvgIpc) is 2.68. The predicted molar refractivity (Wildman–Crippen MR) is 97.7 cm³/mol. The van der Waals surface area contributed by atoms with Crippen LogP contribution in [-0.4, -0.2) is 44.1 Å². The molecule has 0 atom stereocenters. The van der Waals surface area contributed by atoms with E-state index in [4.69, 9.17) is 9.31 Å². The van der Waals surface area contributed by atoms with Gasteiger partial charge in [-0.15, -0.1) is 0 Å². The van der Waals surface area contributed by atoms with Gasteiger partial charge < -0.3 is 9.31 Å². The molecule has 1 fully saturated rings. The molecule has 0 N–H and O–H groups in total. The van der Waals surface area contributed by atoms with Crippen LogP contribution in [0.1, 0.15) is 47.1 Å². The normalized spacial score (nSPS) is 19.9. The topological polar surface area (TPSA) is 55.8 Å². The molecule has 0 radical (unpaired) electrons. The predicted octanol–water partition coefficient (Wildman–Crippen LogP) is 2.16. The number of sulfonamides is 1. The van der Waals surface area contributed by atoms with Crippen LogP contribution >= 0.6 is 0 Å². The minimum absolute atomic E-state index is 0.0122. The average molecular weight is 353 g/mol. The fraction of sp³-hybridized carbons (Fsp3) is 0.647. The summed E-state index contributed by atoms with van der Waals surface area (Å²) in [7, 11) is -3.70. The Labute approximate surface area is 146 Å². The molecule has 0 unspecified atom stereocenters. The lowest BCUT2D eigenvalue weighted by atomic mass is 9.79. The van der Waals surface area contributed by atoms with Crippen molar-refractivity contribution < 1.29 is 17.7 Å². The zero-order chi connectivity index (χ0) is 18.2. The van der Waals surface area contributed by atoms with Crippen LogP contribution in [0.5, 0.6) is 0 Å². The second-order valence-electron chi connectivity index (χ2n) is 7.17. The Kier molecular flexibility index (Phi) is 5.50. The molecule has 1 aromatic rings. The molecule has 5 nitrogen and oxygen atoms in total. The summed E-state index contributed by atoms with van der Waals surface area (Å²) in [6.07, 6.45) is 0. The van der Waals surface area contributed by atoms with Gasteiger partial charge in [0.2, 0.25) is 10.0 Å². The molecule has 0 saturated carbocycles. The van der Waals surface area contributed by atoms with Crippen LogP contribution in [0, 0.1) is 0 Å². The van der Waals surface area contributed by atoms with Gasteiger partial charge in [0.05, 0.1) is 17.0 Å². The van der Waals surface area contributed by atoms with E-state index in [-0.39, 0.29) is 17.0 Å². The van der Waals surface area contributed by atoms with Crippen molar-refractivity contribution in [3.05, 3.63) is 29.8 Å². The zero-order valence-corrected chi connectivity index (χ0v) is 16.3. The van der Waals surface area contributed by atoms with Gasteiger partial charge in [0.25, 0.3) is 0 Å². The van der Waals surface area contributed by atoms with E-state index in [9.17, 15) is 8.42 Å². The smallest absolute Gasteiger partial charge is 0.399 e. The van der Waals surface area contributed by atoms with Gasteiger partial charge in [0.15, 0.2) is 0 Å². The number of hydrogen-bond donors (Lipinski definition) is 0. The number of rotatable bonds is 6. The van der Waals surface area contributed by atoms with Crippen LogP contribution in [0.3, 0.4) is 0 Å². The fourth-order valence-corrected chi connectivity index (χ4v) is 4.25. The van der Waals surface area contributed by atoms with Gasteiger partial charge >= 0.3 is 7.12 Å². The highest BCUT2D eigenvalue weighted by molar-refractivity contribution is 7.88. The standard InChI is InChI=1S/C17H28BNO4S/c1-7-19(8-2)24(20,21)13-14-9-11-15(12-10-14)18-22-16(3,4)17(5,6)23-18/h9-12H,7-8,13H2,1-6H3. The highest BCUT2D eigenvalue weighted by Crippen LogP contribution is 2.36. The Morgan fingerprint density at radius 1 is 0.958 bits per heavy atom. The lowest BCUT2D eigenvalue weighted by Gasteiger charge is -2.32. The van der Waals surface area contributed by atoms with Crippen molar-refractivity contribution in [3.8, 4) is 0 Å². The van der Waals surface area contributed by atoms with Crippen molar-refractivity contribution in [2.45, 2.75) is 58.5 Å².